The number of anilines is 1. The maximum atomic E-state index is 12.8. The van der Waals surface area contributed by atoms with Crippen LogP contribution >= 0.6 is 0 Å². The third-order valence-corrected chi connectivity index (χ3v) is 6.58. The molecule has 3 aliphatic heterocycles. The third kappa shape index (κ3) is 3.55. The van der Waals surface area contributed by atoms with E-state index in [1.54, 1.807) is 0 Å². The zero-order valence-electron chi connectivity index (χ0n) is 15.6. The number of carbonyl (C=O) groups excluding carboxylic acids is 1. The van der Waals surface area contributed by atoms with Crippen LogP contribution in [-0.4, -0.2) is 49.1 Å². The number of benzene rings is 1. The monoisotopic (exact) mass is 341 g/mol. The van der Waals surface area contributed by atoms with E-state index in [1.165, 1.54) is 42.5 Å². The van der Waals surface area contributed by atoms with Crippen molar-refractivity contribution in [1.29, 1.82) is 0 Å². The van der Waals surface area contributed by atoms with Crippen LogP contribution < -0.4 is 10.2 Å². The molecule has 3 saturated heterocycles. The number of amides is 1. The second kappa shape index (κ2) is 6.99. The van der Waals surface area contributed by atoms with Gasteiger partial charge in [-0.1, -0.05) is 12.1 Å². The van der Waals surface area contributed by atoms with Gasteiger partial charge in [0.2, 0.25) is 5.91 Å². The number of piperazine rings is 1. The van der Waals surface area contributed by atoms with Crippen LogP contribution in [0.5, 0.6) is 0 Å². The van der Waals surface area contributed by atoms with Crippen molar-refractivity contribution in [3.05, 3.63) is 29.3 Å². The molecule has 3 fully saturated rings. The van der Waals surface area contributed by atoms with Crippen LogP contribution in [0.2, 0.25) is 0 Å². The Hall–Kier alpha value is -1.55. The first-order valence-electron chi connectivity index (χ1n) is 9.95. The predicted molar refractivity (Wildman–Crippen MR) is 102 cm³/mol. The number of rotatable bonds is 3. The molecule has 1 aromatic carbocycles. The minimum Gasteiger partial charge on any atom is -0.368 e. The maximum absolute atomic E-state index is 12.8. The fourth-order valence-electron chi connectivity index (χ4n) is 4.99. The molecule has 3 aliphatic rings. The van der Waals surface area contributed by atoms with E-state index in [2.05, 4.69) is 47.2 Å². The SMILES string of the molecule is Cc1cccc(N2CCN(C(=O)CC3CC4CCC(C3)N4)CC2)c1C. The molecule has 4 heteroatoms. The average Bonchev–Trinajstić information content (AvgIpc) is 2.96. The molecule has 2 bridgehead atoms. The van der Waals surface area contributed by atoms with E-state index in [0.717, 1.165) is 32.6 Å². The zero-order chi connectivity index (χ0) is 17.4. The molecule has 1 aromatic rings. The highest BCUT2D eigenvalue weighted by molar-refractivity contribution is 5.77. The van der Waals surface area contributed by atoms with Crippen molar-refractivity contribution in [3.8, 4) is 0 Å². The molecule has 1 N–H and O–H groups in total. The maximum Gasteiger partial charge on any atom is 0.222 e. The fraction of sp³-hybridized carbons (Fsp3) is 0.667. The van der Waals surface area contributed by atoms with Crippen LogP contribution in [0.25, 0.3) is 0 Å². The number of hydrogen-bond donors (Lipinski definition) is 1. The molecule has 4 rings (SSSR count). The summed E-state index contributed by atoms with van der Waals surface area (Å²) < 4.78 is 0. The molecular formula is C21H31N3O. The zero-order valence-corrected chi connectivity index (χ0v) is 15.6. The van der Waals surface area contributed by atoms with Gasteiger partial charge >= 0.3 is 0 Å². The van der Waals surface area contributed by atoms with Crippen molar-refractivity contribution >= 4 is 11.6 Å². The summed E-state index contributed by atoms with van der Waals surface area (Å²) in [5.41, 5.74) is 4.05. The van der Waals surface area contributed by atoms with Crippen LogP contribution in [0.4, 0.5) is 5.69 Å². The fourth-order valence-corrected chi connectivity index (χ4v) is 4.99. The molecule has 4 nitrogen and oxygen atoms in total. The molecule has 2 atom stereocenters. The highest BCUT2D eigenvalue weighted by atomic mass is 16.2. The highest BCUT2D eigenvalue weighted by Gasteiger charge is 2.35. The molecule has 0 saturated carbocycles. The van der Waals surface area contributed by atoms with Gasteiger partial charge in [-0.2, -0.15) is 0 Å². The number of nitrogens with zero attached hydrogens (tertiary/aromatic N) is 2. The molecule has 2 unspecified atom stereocenters. The van der Waals surface area contributed by atoms with Gasteiger partial charge in [0.1, 0.15) is 0 Å². The summed E-state index contributed by atoms with van der Waals surface area (Å²) in [6.45, 7) is 8.01. The molecule has 0 radical (unpaired) electrons. The van der Waals surface area contributed by atoms with E-state index < -0.39 is 0 Å². The standard InChI is InChI=1S/C21H31N3O/c1-15-4-3-5-20(16(15)2)23-8-10-24(11-9-23)21(25)14-17-12-18-6-7-19(13-17)22-18/h3-5,17-19,22H,6-14H2,1-2H3. The van der Waals surface area contributed by atoms with Gasteiger partial charge in [-0.3, -0.25) is 4.79 Å². The largest absolute Gasteiger partial charge is 0.368 e. The summed E-state index contributed by atoms with van der Waals surface area (Å²) >= 11 is 0. The number of aryl methyl sites for hydroxylation is 1. The van der Waals surface area contributed by atoms with Gasteiger partial charge < -0.3 is 15.1 Å². The van der Waals surface area contributed by atoms with Crippen LogP contribution in [0.3, 0.4) is 0 Å². The van der Waals surface area contributed by atoms with Gasteiger partial charge in [-0.15, -0.1) is 0 Å². The van der Waals surface area contributed by atoms with Gasteiger partial charge in [0.15, 0.2) is 0 Å². The predicted octanol–water partition coefficient (Wildman–Crippen LogP) is 2.87. The number of fused-ring (bicyclic) bond motifs is 2. The second-order valence-corrected chi connectivity index (χ2v) is 8.27. The topological polar surface area (TPSA) is 35.6 Å². The first-order chi connectivity index (χ1) is 12.1. The second-order valence-electron chi connectivity index (χ2n) is 8.27. The van der Waals surface area contributed by atoms with E-state index >= 15 is 0 Å². The van der Waals surface area contributed by atoms with Gasteiger partial charge in [0.05, 0.1) is 0 Å². The molecule has 3 heterocycles. The van der Waals surface area contributed by atoms with E-state index in [1.807, 2.05) is 0 Å². The third-order valence-electron chi connectivity index (χ3n) is 6.58. The molecule has 0 spiro atoms. The molecule has 0 aliphatic carbocycles. The van der Waals surface area contributed by atoms with E-state index in [4.69, 9.17) is 0 Å². The normalized spacial score (nSPS) is 29.1. The number of hydrogen-bond acceptors (Lipinski definition) is 3. The van der Waals surface area contributed by atoms with Crippen LogP contribution in [0, 0.1) is 19.8 Å². The molecule has 25 heavy (non-hydrogen) atoms. The summed E-state index contributed by atoms with van der Waals surface area (Å²) in [6.07, 6.45) is 5.78. The molecule has 136 valence electrons. The van der Waals surface area contributed by atoms with E-state index in [-0.39, 0.29) is 0 Å². The minimum absolute atomic E-state index is 0.381. The van der Waals surface area contributed by atoms with E-state index in [0.29, 0.717) is 23.9 Å². The van der Waals surface area contributed by atoms with Gasteiger partial charge in [-0.05, 0) is 62.6 Å². The van der Waals surface area contributed by atoms with Crippen LogP contribution in [0.1, 0.15) is 43.2 Å². The highest BCUT2D eigenvalue weighted by Crippen LogP contribution is 2.33. The van der Waals surface area contributed by atoms with Gasteiger partial charge in [0.25, 0.3) is 0 Å². The summed E-state index contributed by atoms with van der Waals surface area (Å²) in [5, 5.41) is 3.68. The van der Waals surface area contributed by atoms with Crippen molar-refractivity contribution in [2.24, 2.45) is 5.92 Å². The van der Waals surface area contributed by atoms with Crippen molar-refractivity contribution in [1.82, 2.24) is 10.2 Å². The molecule has 1 amide bonds. The first kappa shape index (κ1) is 16.9. The first-order valence-corrected chi connectivity index (χ1v) is 9.95. The smallest absolute Gasteiger partial charge is 0.222 e. The lowest BCUT2D eigenvalue weighted by molar-refractivity contribution is -0.132. The van der Waals surface area contributed by atoms with Crippen molar-refractivity contribution in [2.75, 3.05) is 31.1 Å². The Labute approximate surface area is 151 Å². The summed E-state index contributed by atoms with van der Waals surface area (Å²) in [5.74, 6) is 0.982. The van der Waals surface area contributed by atoms with E-state index in [9.17, 15) is 4.79 Å². The van der Waals surface area contributed by atoms with Crippen LogP contribution in [-0.2, 0) is 4.79 Å². The Morgan fingerprint density at radius 2 is 1.76 bits per heavy atom. The Morgan fingerprint density at radius 1 is 1.08 bits per heavy atom. The Bertz CT molecular complexity index is 624. The number of nitrogens with one attached hydrogen (secondary N) is 1. The van der Waals surface area contributed by atoms with Crippen molar-refractivity contribution in [3.63, 3.8) is 0 Å². The molecule has 0 aromatic heterocycles. The lowest BCUT2D eigenvalue weighted by Gasteiger charge is -2.38. The Kier molecular flexibility index (Phi) is 4.72. The Morgan fingerprint density at radius 3 is 2.44 bits per heavy atom. The molecular weight excluding hydrogens is 310 g/mol. The minimum atomic E-state index is 0.381. The summed E-state index contributed by atoms with van der Waals surface area (Å²) in [4.78, 5) is 17.3. The summed E-state index contributed by atoms with van der Waals surface area (Å²) in [7, 11) is 0. The lowest BCUT2D eigenvalue weighted by atomic mass is 9.89. The van der Waals surface area contributed by atoms with Crippen LogP contribution in [0.15, 0.2) is 18.2 Å². The lowest BCUT2D eigenvalue weighted by Crippen LogP contribution is -2.49. The number of carbonyl (C=O) groups is 1. The van der Waals surface area contributed by atoms with Crippen molar-refractivity contribution in [2.45, 2.75) is 58.0 Å². The van der Waals surface area contributed by atoms with Crippen molar-refractivity contribution < 1.29 is 4.79 Å². The van der Waals surface area contributed by atoms with Gasteiger partial charge in [0, 0.05) is 50.4 Å². The number of piperidine rings is 1. The summed E-state index contributed by atoms with van der Waals surface area (Å²) in [6, 6.07) is 7.88. The quantitative estimate of drug-likeness (QED) is 0.918. The van der Waals surface area contributed by atoms with Gasteiger partial charge in [-0.25, -0.2) is 0 Å². The average molecular weight is 341 g/mol. The Balaban J connectivity index is 1.31.